The average molecular weight is 338 g/mol. The highest BCUT2D eigenvalue weighted by Gasteiger charge is 2.41. The van der Waals surface area contributed by atoms with Gasteiger partial charge in [0.2, 0.25) is 5.91 Å². The molecule has 1 unspecified atom stereocenters. The van der Waals surface area contributed by atoms with Crippen LogP contribution >= 0.6 is 0 Å². The topological polar surface area (TPSA) is 53.0 Å². The van der Waals surface area contributed by atoms with Crippen molar-refractivity contribution < 1.29 is 27.8 Å². The van der Waals surface area contributed by atoms with Crippen LogP contribution in [0.5, 0.6) is 0 Å². The minimum Gasteiger partial charge on any atom is -0.396 e. The smallest absolute Gasteiger partial charge is 0.396 e. The first-order chi connectivity index (χ1) is 10.8. The minimum atomic E-state index is -4.37. The van der Waals surface area contributed by atoms with Crippen molar-refractivity contribution in [2.24, 2.45) is 11.3 Å². The second kappa shape index (κ2) is 7.36. The number of halogens is 3. The summed E-state index contributed by atoms with van der Waals surface area (Å²) in [4.78, 5) is 15.4. The van der Waals surface area contributed by atoms with Crippen LogP contribution in [0.2, 0.25) is 0 Å². The number of carbonyl (C=O) groups excluding carboxylic acids is 1. The first kappa shape index (κ1) is 18.5. The van der Waals surface area contributed by atoms with Crippen LogP contribution in [0.25, 0.3) is 0 Å². The minimum absolute atomic E-state index is 0.0251. The Hall–Kier alpha value is -0.860. The Balaban J connectivity index is 1.92. The third-order valence-corrected chi connectivity index (χ3v) is 4.63. The Morgan fingerprint density at radius 3 is 2.61 bits per heavy atom. The summed E-state index contributed by atoms with van der Waals surface area (Å²) in [5, 5.41) is 9.49. The van der Waals surface area contributed by atoms with Crippen LogP contribution in [0.4, 0.5) is 13.2 Å². The predicted octanol–water partition coefficient (Wildman–Crippen LogP) is 1.12. The maximum Gasteiger partial charge on any atom is 0.406 e. The first-order valence-electron chi connectivity index (χ1n) is 8.05. The van der Waals surface area contributed by atoms with E-state index in [0.717, 1.165) is 17.9 Å². The van der Waals surface area contributed by atoms with E-state index in [1.807, 2.05) is 0 Å². The fourth-order valence-electron chi connectivity index (χ4n) is 3.32. The molecule has 1 atom stereocenters. The van der Waals surface area contributed by atoms with Gasteiger partial charge in [-0.05, 0) is 26.3 Å². The zero-order chi connectivity index (χ0) is 17.1. The zero-order valence-corrected chi connectivity index (χ0v) is 13.4. The van der Waals surface area contributed by atoms with E-state index >= 15 is 0 Å². The molecule has 0 radical (unpaired) electrons. The van der Waals surface area contributed by atoms with E-state index in [1.54, 1.807) is 6.92 Å². The molecular weight excluding hydrogens is 313 g/mol. The molecule has 2 heterocycles. The third-order valence-electron chi connectivity index (χ3n) is 4.63. The van der Waals surface area contributed by atoms with Crippen LogP contribution < -0.4 is 0 Å². The van der Waals surface area contributed by atoms with Crippen molar-refractivity contribution in [2.45, 2.75) is 25.9 Å². The average Bonchev–Trinajstić information content (AvgIpc) is 2.47. The Labute approximate surface area is 134 Å². The van der Waals surface area contributed by atoms with Gasteiger partial charge in [0.1, 0.15) is 6.54 Å². The van der Waals surface area contributed by atoms with Gasteiger partial charge in [-0.3, -0.25) is 4.79 Å². The molecule has 8 heteroatoms. The van der Waals surface area contributed by atoms with Gasteiger partial charge in [0, 0.05) is 19.6 Å². The lowest BCUT2D eigenvalue weighted by Gasteiger charge is -2.45. The molecule has 0 spiro atoms. The summed E-state index contributed by atoms with van der Waals surface area (Å²) >= 11 is 0. The summed E-state index contributed by atoms with van der Waals surface area (Å²) in [6.07, 6.45) is -2.97. The Morgan fingerprint density at radius 2 is 2.13 bits per heavy atom. The van der Waals surface area contributed by atoms with Gasteiger partial charge in [-0.2, -0.15) is 13.2 Å². The molecule has 2 fully saturated rings. The van der Waals surface area contributed by atoms with E-state index in [0.29, 0.717) is 32.7 Å². The van der Waals surface area contributed by atoms with Crippen molar-refractivity contribution in [1.82, 2.24) is 9.80 Å². The number of alkyl halides is 3. The summed E-state index contributed by atoms with van der Waals surface area (Å²) in [6.45, 7) is 3.33. The van der Waals surface area contributed by atoms with Crippen LogP contribution in [0.1, 0.15) is 19.8 Å². The van der Waals surface area contributed by atoms with E-state index in [-0.39, 0.29) is 18.6 Å². The van der Waals surface area contributed by atoms with Crippen LogP contribution in [0.3, 0.4) is 0 Å². The molecule has 0 aliphatic carbocycles. The Bertz CT molecular complexity index is 408. The maximum atomic E-state index is 12.6. The van der Waals surface area contributed by atoms with Gasteiger partial charge in [0.25, 0.3) is 0 Å². The largest absolute Gasteiger partial charge is 0.406 e. The number of amides is 1. The van der Waals surface area contributed by atoms with Crippen LogP contribution in [0, 0.1) is 11.3 Å². The fourth-order valence-corrected chi connectivity index (χ4v) is 3.32. The predicted molar refractivity (Wildman–Crippen MR) is 77.8 cm³/mol. The van der Waals surface area contributed by atoms with Crippen molar-refractivity contribution in [1.29, 1.82) is 0 Å². The lowest BCUT2D eigenvalue weighted by atomic mass is 9.85. The zero-order valence-electron chi connectivity index (χ0n) is 13.4. The van der Waals surface area contributed by atoms with Crippen molar-refractivity contribution in [2.75, 3.05) is 52.5 Å². The van der Waals surface area contributed by atoms with Gasteiger partial charge in [0.05, 0.1) is 31.2 Å². The molecule has 2 rings (SSSR count). The number of likely N-dealkylation sites (tertiary alicyclic amines) is 1. The molecule has 5 nitrogen and oxygen atoms in total. The van der Waals surface area contributed by atoms with Crippen molar-refractivity contribution >= 4 is 5.91 Å². The number of carbonyl (C=O) groups is 1. The first-order valence-corrected chi connectivity index (χ1v) is 8.05. The van der Waals surface area contributed by atoms with E-state index in [2.05, 4.69) is 4.90 Å². The van der Waals surface area contributed by atoms with Gasteiger partial charge in [-0.15, -0.1) is 0 Å². The molecule has 2 saturated heterocycles. The summed E-state index contributed by atoms with van der Waals surface area (Å²) in [5.41, 5.74) is -0.276. The molecule has 1 amide bonds. The summed E-state index contributed by atoms with van der Waals surface area (Å²) in [7, 11) is 0. The number of aliphatic hydroxyl groups excluding tert-OH is 1. The van der Waals surface area contributed by atoms with E-state index in [1.165, 1.54) is 0 Å². The van der Waals surface area contributed by atoms with Gasteiger partial charge in [-0.25, -0.2) is 0 Å². The Kier molecular flexibility index (Phi) is 5.91. The van der Waals surface area contributed by atoms with Gasteiger partial charge in [-0.1, -0.05) is 0 Å². The molecule has 0 bridgehead atoms. The highest BCUT2D eigenvalue weighted by Crippen LogP contribution is 2.30. The van der Waals surface area contributed by atoms with E-state index in [4.69, 9.17) is 4.74 Å². The molecule has 134 valence electrons. The molecule has 0 aromatic carbocycles. The lowest BCUT2D eigenvalue weighted by molar-refractivity contribution is -0.166. The number of hydrogen-bond acceptors (Lipinski definition) is 4. The number of ether oxygens (including phenoxy) is 1. The van der Waals surface area contributed by atoms with Crippen molar-refractivity contribution in [3.8, 4) is 0 Å². The van der Waals surface area contributed by atoms with Crippen LogP contribution in [0.15, 0.2) is 0 Å². The van der Waals surface area contributed by atoms with Gasteiger partial charge in [0.15, 0.2) is 0 Å². The van der Waals surface area contributed by atoms with Gasteiger partial charge >= 0.3 is 6.18 Å². The summed E-state index contributed by atoms with van der Waals surface area (Å²) in [5.74, 6) is -0.819. The number of nitrogens with zero attached hydrogens (tertiary/aromatic N) is 2. The SMILES string of the molecule is CCN(CC(F)(F)F)C(=O)C1CCCN(CC2(CO)COC2)C1. The highest BCUT2D eigenvalue weighted by molar-refractivity contribution is 5.79. The summed E-state index contributed by atoms with van der Waals surface area (Å²) < 4.78 is 42.9. The molecule has 0 aromatic heterocycles. The molecule has 0 saturated carbocycles. The normalized spacial score (nSPS) is 25.0. The van der Waals surface area contributed by atoms with E-state index in [9.17, 15) is 23.1 Å². The second-order valence-electron chi connectivity index (χ2n) is 6.69. The third kappa shape index (κ3) is 4.81. The highest BCUT2D eigenvalue weighted by atomic mass is 19.4. The number of piperidine rings is 1. The van der Waals surface area contributed by atoms with Gasteiger partial charge < -0.3 is 19.6 Å². The number of rotatable bonds is 6. The fraction of sp³-hybridized carbons (Fsp3) is 0.933. The maximum absolute atomic E-state index is 12.6. The van der Waals surface area contributed by atoms with Crippen molar-refractivity contribution in [3.05, 3.63) is 0 Å². The van der Waals surface area contributed by atoms with Crippen LogP contribution in [-0.2, 0) is 9.53 Å². The van der Waals surface area contributed by atoms with Crippen molar-refractivity contribution in [3.63, 3.8) is 0 Å². The summed E-state index contributed by atoms with van der Waals surface area (Å²) in [6, 6.07) is 0. The molecule has 0 aromatic rings. The lowest BCUT2D eigenvalue weighted by Crippen LogP contribution is -2.56. The quantitative estimate of drug-likeness (QED) is 0.789. The molecule has 1 N–H and O–H groups in total. The molecule has 2 aliphatic rings. The van der Waals surface area contributed by atoms with Crippen LogP contribution in [-0.4, -0.2) is 79.5 Å². The molecule has 23 heavy (non-hydrogen) atoms. The molecular formula is C15H25F3N2O3. The number of aliphatic hydroxyl groups is 1. The second-order valence-corrected chi connectivity index (χ2v) is 6.69. The monoisotopic (exact) mass is 338 g/mol. The van der Waals surface area contributed by atoms with E-state index < -0.39 is 24.5 Å². The molecule has 2 aliphatic heterocycles. The number of hydrogen-bond donors (Lipinski definition) is 1. The Morgan fingerprint density at radius 1 is 1.43 bits per heavy atom. The standard InChI is InChI=1S/C15H25F3N2O3/c1-2-20(8-15(16,17)18)13(22)12-4-3-5-19(6-12)7-14(9-21)10-23-11-14/h12,21H,2-11H2,1H3.